The summed E-state index contributed by atoms with van der Waals surface area (Å²) in [7, 11) is 0. The normalized spacial score (nSPS) is 11.7. The maximum absolute atomic E-state index is 10.7. The van der Waals surface area contributed by atoms with E-state index >= 15 is 0 Å². The van der Waals surface area contributed by atoms with E-state index in [1.165, 1.54) is 25.7 Å². The summed E-state index contributed by atoms with van der Waals surface area (Å²) in [6.07, 6.45) is 6.86. The highest BCUT2D eigenvalue weighted by Crippen LogP contribution is 2.28. The number of Topliss-reactive ketones (excluding diaryl/α,β-unsaturated/α-hetero) is 1. The second kappa shape index (κ2) is 6.17. The van der Waals surface area contributed by atoms with Gasteiger partial charge in [0.15, 0.2) is 0 Å². The summed E-state index contributed by atoms with van der Waals surface area (Å²) >= 11 is 0. The maximum atomic E-state index is 10.7. The van der Waals surface area contributed by atoms with Crippen LogP contribution in [0.4, 0.5) is 0 Å². The van der Waals surface area contributed by atoms with Crippen LogP contribution in [0, 0.1) is 5.41 Å². The van der Waals surface area contributed by atoms with Crippen molar-refractivity contribution < 1.29 is 4.79 Å². The van der Waals surface area contributed by atoms with Crippen molar-refractivity contribution in [3.8, 4) is 0 Å². The molecule has 0 aromatic rings. The first-order valence-electron chi connectivity index (χ1n) is 5.47. The number of carbonyl (C=O) groups is 1. The van der Waals surface area contributed by atoms with Crippen LogP contribution in [-0.2, 0) is 4.79 Å². The molecule has 78 valence electrons. The highest BCUT2D eigenvalue weighted by atomic mass is 16.1. The van der Waals surface area contributed by atoms with Crippen LogP contribution >= 0.6 is 0 Å². The number of unbranched alkanes of at least 4 members (excludes halogenated alkanes) is 1. The molecular weight excluding hydrogens is 160 g/mol. The van der Waals surface area contributed by atoms with Gasteiger partial charge in [-0.05, 0) is 31.6 Å². The van der Waals surface area contributed by atoms with Crippen molar-refractivity contribution in [2.24, 2.45) is 5.41 Å². The minimum Gasteiger partial charge on any atom is -0.300 e. The molecule has 0 heterocycles. The molecule has 0 N–H and O–H groups in total. The molecule has 1 nitrogen and oxygen atoms in total. The van der Waals surface area contributed by atoms with Gasteiger partial charge in [0, 0.05) is 6.42 Å². The van der Waals surface area contributed by atoms with Crippen LogP contribution in [0.1, 0.15) is 66.2 Å². The zero-order valence-electron chi connectivity index (χ0n) is 9.65. The molecule has 13 heavy (non-hydrogen) atoms. The molecule has 0 atom stereocenters. The van der Waals surface area contributed by atoms with Crippen molar-refractivity contribution in [3.63, 3.8) is 0 Å². The SMILES string of the molecule is CCCC(C)(C)CCCCC(C)=O. The molecule has 0 aliphatic carbocycles. The summed E-state index contributed by atoms with van der Waals surface area (Å²) in [5.74, 6) is 0.327. The zero-order chi connectivity index (χ0) is 10.3. The molecule has 0 aliphatic heterocycles. The van der Waals surface area contributed by atoms with Gasteiger partial charge in [-0.1, -0.05) is 33.6 Å². The summed E-state index contributed by atoms with van der Waals surface area (Å²) < 4.78 is 0. The van der Waals surface area contributed by atoms with Crippen LogP contribution in [0.2, 0.25) is 0 Å². The highest BCUT2D eigenvalue weighted by Gasteiger charge is 2.15. The Morgan fingerprint density at radius 3 is 2.23 bits per heavy atom. The summed E-state index contributed by atoms with van der Waals surface area (Å²) in [5.41, 5.74) is 0.478. The van der Waals surface area contributed by atoms with Gasteiger partial charge in [-0.15, -0.1) is 0 Å². The molecule has 0 unspecified atom stereocenters. The second-order valence-electron chi connectivity index (χ2n) is 4.82. The van der Waals surface area contributed by atoms with Crippen LogP contribution in [0.5, 0.6) is 0 Å². The second-order valence-corrected chi connectivity index (χ2v) is 4.82. The van der Waals surface area contributed by atoms with Crippen LogP contribution in [0.15, 0.2) is 0 Å². The third-order valence-electron chi connectivity index (χ3n) is 2.56. The number of ketones is 1. The summed E-state index contributed by atoms with van der Waals surface area (Å²) in [6, 6.07) is 0. The molecule has 0 saturated heterocycles. The molecule has 0 radical (unpaired) electrons. The Balaban J connectivity index is 3.45. The van der Waals surface area contributed by atoms with Crippen molar-refractivity contribution in [1.82, 2.24) is 0 Å². The minimum absolute atomic E-state index is 0.327. The Labute approximate surface area is 82.9 Å². The first-order chi connectivity index (χ1) is 5.98. The Hall–Kier alpha value is -0.330. The molecule has 0 amide bonds. The molecule has 0 fully saturated rings. The average Bonchev–Trinajstić information content (AvgIpc) is 1.98. The van der Waals surface area contributed by atoms with Gasteiger partial charge < -0.3 is 4.79 Å². The van der Waals surface area contributed by atoms with Gasteiger partial charge in [0.25, 0.3) is 0 Å². The van der Waals surface area contributed by atoms with Crippen LogP contribution in [-0.4, -0.2) is 5.78 Å². The molecule has 0 bridgehead atoms. The van der Waals surface area contributed by atoms with Gasteiger partial charge >= 0.3 is 0 Å². The van der Waals surface area contributed by atoms with Gasteiger partial charge in [0.05, 0.1) is 0 Å². The van der Waals surface area contributed by atoms with E-state index in [9.17, 15) is 4.79 Å². The summed E-state index contributed by atoms with van der Waals surface area (Å²) in [5, 5.41) is 0. The smallest absolute Gasteiger partial charge is 0.129 e. The lowest BCUT2D eigenvalue weighted by Crippen LogP contribution is -2.10. The van der Waals surface area contributed by atoms with Crippen molar-refractivity contribution in [1.29, 1.82) is 0 Å². The van der Waals surface area contributed by atoms with E-state index in [4.69, 9.17) is 0 Å². The van der Waals surface area contributed by atoms with Gasteiger partial charge in [-0.3, -0.25) is 0 Å². The van der Waals surface area contributed by atoms with E-state index in [0.29, 0.717) is 11.2 Å². The Morgan fingerprint density at radius 2 is 1.77 bits per heavy atom. The Bertz CT molecular complexity index is 147. The van der Waals surface area contributed by atoms with Gasteiger partial charge in [-0.25, -0.2) is 0 Å². The zero-order valence-corrected chi connectivity index (χ0v) is 9.65. The highest BCUT2D eigenvalue weighted by molar-refractivity contribution is 5.75. The minimum atomic E-state index is 0.327. The summed E-state index contributed by atoms with van der Waals surface area (Å²) in [6.45, 7) is 8.56. The van der Waals surface area contributed by atoms with Crippen LogP contribution in [0.25, 0.3) is 0 Å². The van der Waals surface area contributed by atoms with Gasteiger partial charge in [0.2, 0.25) is 0 Å². The van der Waals surface area contributed by atoms with E-state index in [1.807, 2.05) is 0 Å². The Morgan fingerprint density at radius 1 is 1.15 bits per heavy atom. The van der Waals surface area contributed by atoms with E-state index in [2.05, 4.69) is 20.8 Å². The average molecular weight is 184 g/mol. The summed E-state index contributed by atoms with van der Waals surface area (Å²) in [4.78, 5) is 10.7. The third-order valence-corrected chi connectivity index (χ3v) is 2.56. The number of hydrogen-bond donors (Lipinski definition) is 0. The molecule has 0 aliphatic rings. The third kappa shape index (κ3) is 8.01. The molecular formula is C12H24O. The lowest BCUT2D eigenvalue weighted by atomic mass is 9.83. The molecule has 0 rings (SSSR count). The Kier molecular flexibility index (Phi) is 6.02. The largest absolute Gasteiger partial charge is 0.300 e. The molecule has 1 heteroatoms. The first-order valence-corrected chi connectivity index (χ1v) is 5.47. The number of carbonyl (C=O) groups excluding carboxylic acids is 1. The monoisotopic (exact) mass is 184 g/mol. The van der Waals surface area contributed by atoms with E-state index in [-0.39, 0.29) is 0 Å². The fraction of sp³-hybridized carbons (Fsp3) is 0.917. The van der Waals surface area contributed by atoms with Crippen molar-refractivity contribution in [3.05, 3.63) is 0 Å². The maximum Gasteiger partial charge on any atom is 0.129 e. The van der Waals surface area contributed by atoms with E-state index in [1.54, 1.807) is 6.92 Å². The van der Waals surface area contributed by atoms with Gasteiger partial charge in [-0.2, -0.15) is 0 Å². The van der Waals surface area contributed by atoms with Crippen molar-refractivity contribution in [2.45, 2.75) is 66.2 Å². The first kappa shape index (κ1) is 12.7. The predicted molar refractivity (Wildman–Crippen MR) is 57.8 cm³/mol. The van der Waals surface area contributed by atoms with Crippen LogP contribution in [0.3, 0.4) is 0 Å². The van der Waals surface area contributed by atoms with E-state index < -0.39 is 0 Å². The van der Waals surface area contributed by atoms with Crippen LogP contribution < -0.4 is 0 Å². The lowest BCUT2D eigenvalue weighted by Gasteiger charge is -2.23. The molecule has 0 saturated carbocycles. The molecule has 0 spiro atoms. The molecule has 0 aromatic carbocycles. The lowest BCUT2D eigenvalue weighted by molar-refractivity contribution is -0.117. The number of hydrogen-bond acceptors (Lipinski definition) is 1. The fourth-order valence-electron chi connectivity index (χ4n) is 1.78. The van der Waals surface area contributed by atoms with Gasteiger partial charge in [0.1, 0.15) is 5.78 Å². The predicted octanol–water partition coefficient (Wildman–Crippen LogP) is 3.96. The topological polar surface area (TPSA) is 17.1 Å². The molecule has 0 aromatic heterocycles. The number of rotatable bonds is 7. The fourth-order valence-corrected chi connectivity index (χ4v) is 1.78. The van der Waals surface area contributed by atoms with E-state index in [0.717, 1.165) is 12.8 Å². The van der Waals surface area contributed by atoms with Crippen molar-refractivity contribution in [2.75, 3.05) is 0 Å². The quantitative estimate of drug-likeness (QED) is 0.547. The van der Waals surface area contributed by atoms with Crippen molar-refractivity contribution >= 4 is 5.78 Å². The standard InChI is InChI=1S/C12H24O/c1-5-9-12(3,4)10-7-6-8-11(2)13/h5-10H2,1-4H3.